The van der Waals surface area contributed by atoms with Crippen LogP contribution in [0.1, 0.15) is 23.0 Å². The molecule has 0 aliphatic carbocycles. The van der Waals surface area contributed by atoms with Gasteiger partial charge in [-0.05, 0) is 5.56 Å². The van der Waals surface area contributed by atoms with Crippen LogP contribution < -0.4 is 5.69 Å². The third-order valence-corrected chi connectivity index (χ3v) is 4.32. The predicted molar refractivity (Wildman–Crippen MR) is 85.8 cm³/mol. The number of aromatic nitrogens is 2. The van der Waals surface area contributed by atoms with Gasteiger partial charge in [0.15, 0.2) is 11.9 Å². The van der Waals surface area contributed by atoms with Crippen molar-refractivity contribution in [1.82, 2.24) is 9.55 Å². The molecule has 27 heavy (non-hydrogen) atoms. The molecule has 1 fully saturated rings. The van der Waals surface area contributed by atoms with E-state index < -0.39 is 48.7 Å². The minimum absolute atomic E-state index is 0.155. The molecule has 0 unspecified atom stereocenters. The first-order valence-corrected chi connectivity index (χ1v) is 8.08. The second-order valence-electron chi connectivity index (χ2n) is 6.19. The second-order valence-corrected chi connectivity index (χ2v) is 6.19. The van der Waals surface area contributed by atoms with Gasteiger partial charge in [-0.1, -0.05) is 30.3 Å². The molecule has 2 aromatic rings. The van der Waals surface area contributed by atoms with Crippen molar-refractivity contribution in [2.24, 2.45) is 0 Å². The number of nitrogens with zero attached hydrogens (tertiary/aromatic N) is 2. The summed E-state index contributed by atoms with van der Waals surface area (Å²) < 4.78 is 45.9. The lowest BCUT2D eigenvalue weighted by Crippen LogP contribution is -2.37. The topological polar surface area (TPSA) is 105 Å². The van der Waals surface area contributed by atoms with Crippen LogP contribution in [0.25, 0.3) is 0 Å². The number of aliphatic hydroxyl groups excluding tert-OH is 3. The van der Waals surface area contributed by atoms with Gasteiger partial charge in [0.25, 0.3) is 0 Å². The van der Waals surface area contributed by atoms with Gasteiger partial charge < -0.3 is 20.1 Å². The largest absolute Gasteiger partial charge is 0.433 e. The first-order chi connectivity index (χ1) is 12.7. The first-order valence-electron chi connectivity index (χ1n) is 8.08. The van der Waals surface area contributed by atoms with Crippen LogP contribution in [0, 0.1) is 0 Å². The number of hydrogen-bond donors (Lipinski definition) is 3. The van der Waals surface area contributed by atoms with Crippen LogP contribution in [0.4, 0.5) is 13.2 Å². The zero-order valence-corrected chi connectivity index (χ0v) is 13.9. The Hall–Kier alpha value is -2.27. The van der Waals surface area contributed by atoms with Crippen molar-refractivity contribution in [2.45, 2.75) is 37.1 Å². The summed E-state index contributed by atoms with van der Waals surface area (Å²) in [5, 5.41) is 29.0. The summed E-state index contributed by atoms with van der Waals surface area (Å²) in [6.45, 7) is -0.631. The molecule has 0 bridgehead atoms. The minimum atomic E-state index is -4.84. The van der Waals surface area contributed by atoms with Crippen LogP contribution in [-0.4, -0.2) is 49.8 Å². The van der Waals surface area contributed by atoms with Crippen molar-refractivity contribution in [2.75, 3.05) is 6.61 Å². The molecule has 0 saturated carbocycles. The molecule has 1 aromatic carbocycles. The molecule has 1 aromatic heterocycles. The van der Waals surface area contributed by atoms with E-state index in [0.29, 0.717) is 10.1 Å². The van der Waals surface area contributed by atoms with Crippen molar-refractivity contribution < 1.29 is 33.2 Å². The SMILES string of the molecule is O=c1nc(C(F)(F)F)c(Cc2ccccc2)cn1[C@@H]1O[C@H](CO)[C@@H](O)[C@H]1O. The summed E-state index contributed by atoms with van der Waals surface area (Å²) in [5.74, 6) is 0. The number of hydrogen-bond acceptors (Lipinski definition) is 6. The Bertz CT molecular complexity index is 856. The molecule has 1 saturated heterocycles. The fourth-order valence-corrected chi connectivity index (χ4v) is 2.99. The van der Waals surface area contributed by atoms with Gasteiger partial charge in [0.05, 0.1) is 6.61 Å². The van der Waals surface area contributed by atoms with E-state index in [-0.39, 0.29) is 12.0 Å². The molecule has 0 spiro atoms. The summed E-state index contributed by atoms with van der Waals surface area (Å²) in [6, 6.07) is 8.30. The first kappa shape index (κ1) is 19.5. The highest BCUT2D eigenvalue weighted by molar-refractivity contribution is 5.28. The van der Waals surface area contributed by atoms with E-state index >= 15 is 0 Å². The molecular formula is C17H17F3N2O5. The number of ether oxygens (including phenoxy) is 1. The highest BCUT2D eigenvalue weighted by Gasteiger charge is 2.45. The molecule has 1 aliphatic heterocycles. The lowest BCUT2D eigenvalue weighted by molar-refractivity contribution is -0.142. The standard InChI is InChI=1S/C17H17F3N2O5/c18-17(19,20)14-10(6-9-4-2-1-3-5-9)7-22(16(26)21-14)15-13(25)12(24)11(8-23)27-15/h1-5,7,11-13,15,23-25H,6,8H2/t11-,12-,13-,15-/m1/s1. The normalized spacial score (nSPS) is 25.7. The third kappa shape index (κ3) is 3.88. The Labute approximate surface area is 151 Å². The average Bonchev–Trinajstić information content (AvgIpc) is 2.91. The van der Waals surface area contributed by atoms with Gasteiger partial charge >= 0.3 is 11.9 Å². The fourth-order valence-electron chi connectivity index (χ4n) is 2.99. The molecule has 1 aliphatic rings. The molecule has 2 heterocycles. The van der Waals surface area contributed by atoms with Crippen molar-refractivity contribution in [3.05, 3.63) is 63.8 Å². The molecule has 146 valence electrons. The van der Waals surface area contributed by atoms with E-state index in [2.05, 4.69) is 4.98 Å². The smallest absolute Gasteiger partial charge is 0.394 e. The number of aliphatic hydroxyl groups is 3. The van der Waals surface area contributed by atoms with Gasteiger partial charge in [-0.15, -0.1) is 0 Å². The van der Waals surface area contributed by atoms with E-state index in [9.17, 15) is 28.2 Å². The van der Waals surface area contributed by atoms with Crippen molar-refractivity contribution in [1.29, 1.82) is 0 Å². The van der Waals surface area contributed by atoms with E-state index in [0.717, 1.165) is 6.20 Å². The van der Waals surface area contributed by atoms with Gasteiger partial charge in [-0.25, -0.2) is 4.79 Å². The molecule has 0 radical (unpaired) electrons. The van der Waals surface area contributed by atoms with Crippen LogP contribution in [0.15, 0.2) is 41.3 Å². The van der Waals surface area contributed by atoms with Gasteiger partial charge in [0.1, 0.15) is 18.3 Å². The minimum Gasteiger partial charge on any atom is -0.394 e. The predicted octanol–water partition coefficient (Wildman–Crippen LogP) is 0.464. The van der Waals surface area contributed by atoms with Crippen LogP contribution in [0.5, 0.6) is 0 Å². The van der Waals surface area contributed by atoms with E-state index in [1.807, 2.05) is 0 Å². The molecule has 3 N–H and O–H groups in total. The highest BCUT2D eigenvalue weighted by Crippen LogP contribution is 2.33. The number of halogens is 3. The van der Waals surface area contributed by atoms with Gasteiger partial charge in [0, 0.05) is 18.2 Å². The highest BCUT2D eigenvalue weighted by atomic mass is 19.4. The maximum Gasteiger partial charge on any atom is 0.433 e. The van der Waals surface area contributed by atoms with Crippen molar-refractivity contribution in [3.63, 3.8) is 0 Å². The zero-order valence-electron chi connectivity index (χ0n) is 13.9. The molecule has 10 heteroatoms. The van der Waals surface area contributed by atoms with E-state index in [1.54, 1.807) is 30.3 Å². The lowest BCUT2D eigenvalue weighted by Gasteiger charge is -2.20. The summed E-state index contributed by atoms with van der Waals surface area (Å²) in [4.78, 5) is 15.3. The third-order valence-electron chi connectivity index (χ3n) is 4.32. The Kier molecular flexibility index (Phi) is 5.33. The number of benzene rings is 1. The quantitative estimate of drug-likeness (QED) is 0.706. The maximum absolute atomic E-state index is 13.3. The summed E-state index contributed by atoms with van der Waals surface area (Å²) >= 11 is 0. The summed E-state index contributed by atoms with van der Waals surface area (Å²) in [6.07, 6.45) is -9.81. The fraction of sp³-hybridized carbons (Fsp3) is 0.412. The van der Waals surface area contributed by atoms with Crippen LogP contribution in [0.3, 0.4) is 0 Å². The Morgan fingerprint density at radius 1 is 1.15 bits per heavy atom. The number of rotatable bonds is 4. The van der Waals surface area contributed by atoms with Gasteiger partial charge in [-0.3, -0.25) is 4.57 Å². The molecule has 4 atom stereocenters. The van der Waals surface area contributed by atoms with Crippen LogP contribution in [-0.2, 0) is 17.3 Å². The molecular weight excluding hydrogens is 369 g/mol. The van der Waals surface area contributed by atoms with Crippen LogP contribution in [0.2, 0.25) is 0 Å². The molecule has 7 nitrogen and oxygen atoms in total. The Morgan fingerprint density at radius 3 is 2.37 bits per heavy atom. The van der Waals surface area contributed by atoms with Crippen molar-refractivity contribution >= 4 is 0 Å². The Morgan fingerprint density at radius 2 is 1.81 bits per heavy atom. The lowest BCUT2D eigenvalue weighted by atomic mass is 10.0. The van der Waals surface area contributed by atoms with Gasteiger partial charge in [-0.2, -0.15) is 18.2 Å². The average molecular weight is 386 g/mol. The Balaban J connectivity index is 2.06. The maximum atomic E-state index is 13.3. The van der Waals surface area contributed by atoms with E-state index in [1.165, 1.54) is 0 Å². The zero-order chi connectivity index (χ0) is 19.8. The van der Waals surface area contributed by atoms with Crippen molar-refractivity contribution in [3.8, 4) is 0 Å². The van der Waals surface area contributed by atoms with Gasteiger partial charge in [0.2, 0.25) is 0 Å². The summed E-state index contributed by atoms with van der Waals surface area (Å²) in [7, 11) is 0. The van der Waals surface area contributed by atoms with E-state index in [4.69, 9.17) is 9.84 Å². The monoisotopic (exact) mass is 386 g/mol. The second kappa shape index (κ2) is 7.39. The van der Waals surface area contributed by atoms with Crippen LogP contribution >= 0.6 is 0 Å². The summed E-state index contributed by atoms with van der Waals surface area (Å²) in [5.41, 5.74) is -2.32. The molecule has 3 rings (SSSR count). The molecule has 0 amide bonds. The number of alkyl halides is 3.